The van der Waals surface area contributed by atoms with Crippen LogP contribution in [0.15, 0.2) is 48.5 Å². The molecule has 0 bridgehead atoms. The minimum Gasteiger partial charge on any atom is -0.480 e. The molecule has 0 aromatic heterocycles. The van der Waals surface area contributed by atoms with Crippen molar-refractivity contribution in [2.24, 2.45) is 0 Å². The zero-order chi connectivity index (χ0) is 19.3. The van der Waals surface area contributed by atoms with Crippen LogP contribution in [0.25, 0.3) is 11.1 Å². The lowest BCUT2D eigenvalue weighted by Gasteiger charge is -2.22. The molecule has 2 aromatic rings. The molecule has 0 heterocycles. The number of aliphatic carboxylic acids is 1. The number of amides is 1. The van der Waals surface area contributed by atoms with E-state index in [-0.39, 0.29) is 6.42 Å². The summed E-state index contributed by atoms with van der Waals surface area (Å²) in [6, 6.07) is 13.7. The van der Waals surface area contributed by atoms with Crippen LogP contribution in [0.4, 0.5) is 4.79 Å². The molecule has 0 spiro atoms. The number of benzene rings is 2. The predicted octanol–water partition coefficient (Wildman–Crippen LogP) is 4.53. The Balaban J connectivity index is 2.23. The number of alkyl carbamates (subject to hydrolysis) is 1. The molecule has 0 fully saturated rings. The van der Waals surface area contributed by atoms with Gasteiger partial charge in [-0.05, 0) is 49.6 Å². The minimum absolute atomic E-state index is 0.132. The van der Waals surface area contributed by atoms with Gasteiger partial charge in [-0.25, -0.2) is 9.59 Å². The fourth-order valence-corrected chi connectivity index (χ4v) is 2.61. The van der Waals surface area contributed by atoms with Crippen LogP contribution < -0.4 is 5.32 Å². The first-order valence-corrected chi connectivity index (χ1v) is 8.59. The van der Waals surface area contributed by atoms with Gasteiger partial charge >= 0.3 is 12.1 Å². The molecule has 5 nitrogen and oxygen atoms in total. The van der Waals surface area contributed by atoms with Gasteiger partial charge in [-0.15, -0.1) is 0 Å². The first-order valence-electron chi connectivity index (χ1n) is 8.22. The fourth-order valence-electron chi connectivity index (χ4n) is 2.48. The average Bonchev–Trinajstić information content (AvgIpc) is 2.54. The van der Waals surface area contributed by atoms with E-state index in [4.69, 9.17) is 16.3 Å². The number of nitrogens with one attached hydrogen (secondary N) is 1. The van der Waals surface area contributed by atoms with E-state index < -0.39 is 23.7 Å². The van der Waals surface area contributed by atoms with Crippen LogP contribution in [0, 0.1) is 0 Å². The van der Waals surface area contributed by atoms with Gasteiger partial charge in [-0.2, -0.15) is 0 Å². The maximum absolute atomic E-state index is 11.9. The molecule has 1 atom stereocenters. The second-order valence-corrected chi connectivity index (χ2v) is 7.34. The van der Waals surface area contributed by atoms with Crippen LogP contribution in [0.2, 0.25) is 5.02 Å². The van der Waals surface area contributed by atoms with Crippen molar-refractivity contribution in [2.45, 2.75) is 38.8 Å². The molecule has 0 aliphatic carbocycles. The summed E-state index contributed by atoms with van der Waals surface area (Å²) in [7, 11) is 0. The lowest BCUT2D eigenvalue weighted by molar-refractivity contribution is -0.139. The van der Waals surface area contributed by atoms with Crippen LogP contribution >= 0.6 is 11.6 Å². The second kappa shape index (κ2) is 8.23. The Labute approximate surface area is 157 Å². The van der Waals surface area contributed by atoms with E-state index in [1.807, 2.05) is 36.4 Å². The minimum atomic E-state index is -1.12. The fraction of sp³-hybridized carbons (Fsp3) is 0.300. The quantitative estimate of drug-likeness (QED) is 0.805. The van der Waals surface area contributed by atoms with Crippen molar-refractivity contribution >= 4 is 23.7 Å². The molecule has 6 heteroatoms. The van der Waals surface area contributed by atoms with Crippen molar-refractivity contribution in [1.82, 2.24) is 5.32 Å². The first kappa shape index (κ1) is 19.8. The third-order valence-electron chi connectivity index (χ3n) is 3.59. The number of carboxylic acid groups (broad SMARTS) is 1. The van der Waals surface area contributed by atoms with E-state index in [0.717, 1.165) is 16.7 Å². The monoisotopic (exact) mass is 375 g/mol. The molecule has 138 valence electrons. The molecule has 26 heavy (non-hydrogen) atoms. The highest BCUT2D eigenvalue weighted by molar-refractivity contribution is 6.30. The first-order chi connectivity index (χ1) is 12.2. The number of carboxylic acids is 1. The Morgan fingerprint density at radius 1 is 1.12 bits per heavy atom. The van der Waals surface area contributed by atoms with E-state index in [1.54, 1.807) is 32.9 Å². The molecule has 0 radical (unpaired) electrons. The van der Waals surface area contributed by atoms with Gasteiger partial charge in [-0.1, -0.05) is 48.0 Å². The summed E-state index contributed by atoms with van der Waals surface area (Å²) in [6.45, 7) is 5.16. The van der Waals surface area contributed by atoms with Crippen LogP contribution in [-0.4, -0.2) is 28.8 Å². The molecule has 1 amide bonds. The zero-order valence-corrected chi connectivity index (χ0v) is 15.7. The average molecular weight is 376 g/mol. The Kier molecular flexibility index (Phi) is 6.27. The molecule has 2 N–H and O–H groups in total. The van der Waals surface area contributed by atoms with Crippen LogP contribution in [0.5, 0.6) is 0 Å². The standard InChI is InChI=1S/C20H22ClNO4/c1-20(2,3)26-19(25)22-17(18(23)24)12-14-6-4-5-7-16(14)13-8-10-15(21)11-9-13/h4-11,17H,12H2,1-3H3,(H,22,25)(H,23,24)/t17-/m1/s1. The van der Waals surface area contributed by atoms with Crippen molar-refractivity contribution in [3.8, 4) is 11.1 Å². The summed E-state index contributed by atoms with van der Waals surface area (Å²) in [5, 5.41) is 12.5. The molecule has 2 aromatic carbocycles. The highest BCUT2D eigenvalue weighted by atomic mass is 35.5. The third kappa shape index (κ3) is 5.77. The maximum Gasteiger partial charge on any atom is 0.408 e. The highest BCUT2D eigenvalue weighted by Crippen LogP contribution is 2.26. The van der Waals surface area contributed by atoms with Crippen molar-refractivity contribution < 1.29 is 19.4 Å². The zero-order valence-electron chi connectivity index (χ0n) is 15.0. The smallest absolute Gasteiger partial charge is 0.408 e. The van der Waals surface area contributed by atoms with Gasteiger partial charge in [0, 0.05) is 11.4 Å². The normalized spacial score (nSPS) is 12.3. The maximum atomic E-state index is 11.9. The van der Waals surface area contributed by atoms with Crippen molar-refractivity contribution in [2.75, 3.05) is 0 Å². The summed E-state index contributed by atoms with van der Waals surface area (Å²) in [4.78, 5) is 23.6. The van der Waals surface area contributed by atoms with Crippen molar-refractivity contribution in [1.29, 1.82) is 0 Å². The van der Waals surface area contributed by atoms with Gasteiger partial charge in [0.15, 0.2) is 0 Å². The van der Waals surface area contributed by atoms with E-state index in [0.29, 0.717) is 5.02 Å². The molecule has 0 aliphatic heterocycles. The van der Waals surface area contributed by atoms with Gasteiger partial charge < -0.3 is 15.2 Å². The van der Waals surface area contributed by atoms with E-state index in [2.05, 4.69) is 5.32 Å². The molecular formula is C20H22ClNO4. The largest absolute Gasteiger partial charge is 0.480 e. The van der Waals surface area contributed by atoms with Crippen LogP contribution in [0.1, 0.15) is 26.3 Å². The SMILES string of the molecule is CC(C)(C)OC(=O)N[C@H](Cc1ccccc1-c1ccc(Cl)cc1)C(=O)O. The molecule has 0 saturated carbocycles. The van der Waals surface area contributed by atoms with E-state index >= 15 is 0 Å². The van der Waals surface area contributed by atoms with Crippen LogP contribution in [0.3, 0.4) is 0 Å². The Bertz CT molecular complexity index is 781. The summed E-state index contributed by atoms with van der Waals surface area (Å²) >= 11 is 5.94. The number of hydrogen-bond acceptors (Lipinski definition) is 3. The lowest BCUT2D eigenvalue weighted by Crippen LogP contribution is -2.44. The highest BCUT2D eigenvalue weighted by Gasteiger charge is 2.25. The summed E-state index contributed by atoms with van der Waals surface area (Å²) in [5.74, 6) is -1.12. The summed E-state index contributed by atoms with van der Waals surface area (Å²) in [6.07, 6.45) is -0.623. The number of halogens is 1. The van der Waals surface area contributed by atoms with E-state index in [1.165, 1.54) is 0 Å². The number of rotatable bonds is 5. The number of hydrogen-bond donors (Lipinski definition) is 2. The van der Waals surface area contributed by atoms with Crippen LogP contribution in [-0.2, 0) is 16.0 Å². The molecule has 2 rings (SSSR count). The van der Waals surface area contributed by atoms with Crippen molar-refractivity contribution in [3.63, 3.8) is 0 Å². The second-order valence-electron chi connectivity index (χ2n) is 6.91. The lowest BCUT2D eigenvalue weighted by atomic mass is 9.95. The molecular weight excluding hydrogens is 354 g/mol. The summed E-state index contributed by atoms with van der Waals surface area (Å²) < 4.78 is 5.16. The topological polar surface area (TPSA) is 75.6 Å². The van der Waals surface area contributed by atoms with Gasteiger partial charge in [0.25, 0.3) is 0 Å². The number of carbonyl (C=O) groups is 2. The Hall–Kier alpha value is -2.53. The number of carbonyl (C=O) groups excluding carboxylic acids is 1. The predicted molar refractivity (Wildman–Crippen MR) is 101 cm³/mol. The summed E-state index contributed by atoms with van der Waals surface area (Å²) in [5.41, 5.74) is 1.92. The third-order valence-corrected chi connectivity index (χ3v) is 3.84. The Morgan fingerprint density at radius 3 is 2.31 bits per heavy atom. The van der Waals surface area contributed by atoms with Crippen molar-refractivity contribution in [3.05, 3.63) is 59.1 Å². The molecule has 0 unspecified atom stereocenters. The van der Waals surface area contributed by atoms with Gasteiger partial charge in [0.05, 0.1) is 0 Å². The van der Waals surface area contributed by atoms with Gasteiger partial charge in [0.1, 0.15) is 11.6 Å². The van der Waals surface area contributed by atoms with Gasteiger partial charge in [0.2, 0.25) is 0 Å². The molecule has 0 saturated heterocycles. The Morgan fingerprint density at radius 2 is 1.73 bits per heavy atom. The molecule has 0 aliphatic rings. The van der Waals surface area contributed by atoms with E-state index in [9.17, 15) is 14.7 Å². The van der Waals surface area contributed by atoms with Gasteiger partial charge in [-0.3, -0.25) is 0 Å². The number of ether oxygens (including phenoxy) is 1.